The molecule has 0 bridgehead atoms. The Bertz CT molecular complexity index is 966. The molecule has 5 rings (SSSR count). The van der Waals surface area contributed by atoms with Crippen molar-refractivity contribution in [1.82, 2.24) is 9.88 Å². The fraction of sp³-hybridized carbons (Fsp3) is 0.217. The molecule has 0 unspecified atom stereocenters. The van der Waals surface area contributed by atoms with Crippen LogP contribution in [0.25, 0.3) is 11.1 Å². The highest BCUT2D eigenvalue weighted by Crippen LogP contribution is 2.46. The molecule has 0 atom stereocenters. The fourth-order valence-electron chi connectivity index (χ4n) is 4.37. The number of hydrogen-bond donors (Lipinski definition) is 0. The van der Waals surface area contributed by atoms with Crippen molar-refractivity contribution in [3.05, 3.63) is 83.6 Å². The van der Waals surface area contributed by atoms with E-state index in [9.17, 15) is 0 Å². The molecule has 3 aromatic rings. The second-order valence-electron chi connectivity index (χ2n) is 7.12. The van der Waals surface area contributed by atoms with Gasteiger partial charge in [-0.3, -0.25) is 4.90 Å². The van der Waals surface area contributed by atoms with E-state index in [0.717, 1.165) is 32.0 Å². The first-order valence-corrected chi connectivity index (χ1v) is 9.38. The van der Waals surface area contributed by atoms with Crippen LogP contribution in [0.5, 0.6) is 0 Å². The second kappa shape index (κ2) is 6.53. The molecule has 1 aromatic heterocycles. The molecule has 0 spiro atoms. The number of aromatic nitrogens is 1. The van der Waals surface area contributed by atoms with Crippen LogP contribution in [0.4, 0.5) is 5.82 Å². The van der Waals surface area contributed by atoms with Crippen molar-refractivity contribution in [3.63, 3.8) is 0 Å². The number of pyridine rings is 1. The lowest BCUT2D eigenvalue weighted by Crippen LogP contribution is -2.47. The van der Waals surface area contributed by atoms with Gasteiger partial charge < -0.3 is 4.90 Å². The Morgan fingerprint density at radius 1 is 0.815 bits per heavy atom. The van der Waals surface area contributed by atoms with Gasteiger partial charge in [-0.15, -0.1) is 0 Å². The molecule has 2 heterocycles. The van der Waals surface area contributed by atoms with Gasteiger partial charge in [0.2, 0.25) is 0 Å². The number of anilines is 1. The van der Waals surface area contributed by atoms with Crippen LogP contribution in [0.2, 0.25) is 0 Å². The van der Waals surface area contributed by atoms with E-state index in [2.05, 4.69) is 69.4 Å². The molecule has 0 N–H and O–H groups in total. The summed E-state index contributed by atoms with van der Waals surface area (Å²) in [7, 11) is 0. The monoisotopic (exact) mass is 352 g/mol. The van der Waals surface area contributed by atoms with Gasteiger partial charge in [0, 0.05) is 32.4 Å². The average Bonchev–Trinajstić information content (AvgIpc) is 3.08. The molecule has 4 nitrogen and oxygen atoms in total. The minimum atomic E-state index is 0.341. The Labute approximate surface area is 159 Å². The summed E-state index contributed by atoms with van der Waals surface area (Å²) in [5.41, 5.74) is 6.19. The number of hydrogen-bond acceptors (Lipinski definition) is 4. The minimum Gasteiger partial charge on any atom is -0.354 e. The van der Waals surface area contributed by atoms with Crippen LogP contribution in [0, 0.1) is 11.3 Å². The normalized spacial score (nSPS) is 16.6. The summed E-state index contributed by atoms with van der Waals surface area (Å²) in [4.78, 5) is 9.35. The smallest absolute Gasteiger partial charge is 0.128 e. The van der Waals surface area contributed by atoms with E-state index in [0.29, 0.717) is 11.6 Å². The van der Waals surface area contributed by atoms with Gasteiger partial charge in [-0.2, -0.15) is 5.26 Å². The topological polar surface area (TPSA) is 43.2 Å². The molecule has 27 heavy (non-hydrogen) atoms. The summed E-state index contributed by atoms with van der Waals surface area (Å²) in [6, 6.07) is 23.9. The highest BCUT2D eigenvalue weighted by Gasteiger charge is 2.34. The minimum absolute atomic E-state index is 0.341. The molecule has 0 radical (unpaired) electrons. The number of fused-ring (bicyclic) bond motifs is 3. The van der Waals surface area contributed by atoms with Crippen LogP contribution in [-0.4, -0.2) is 36.1 Å². The predicted octanol–water partition coefficient (Wildman–Crippen LogP) is 3.85. The van der Waals surface area contributed by atoms with E-state index in [-0.39, 0.29) is 0 Å². The van der Waals surface area contributed by atoms with Crippen LogP contribution < -0.4 is 4.90 Å². The maximum Gasteiger partial charge on any atom is 0.128 e. The molecule has 1 saturated heterocycles. The Hall–Kier alpha value is -3.16. The van der Waals surface area contributed by atoms with Crippen molar-refractivity contribution in [2.45, 2.75) is 6.04 Å². The Balaban J connectivity index is 1.39. The summed E-state index contributed by atoms with van der Waals surface area (Å²) in [6.07, 6.45) is 1.66. The van der Waals surface area contributed by atoms with Gasteiger partial charge in [0.1, 0.15) is 11.9 Å². The van der Waals surface area contributed by atoms with Gasteiger partial charge in [0.15, 0.2) is 0 Å². The Morgan fingerprint density at radius 3 is 2.00 bits per heavy atom. The lowest BCUT2D eigenvalue weighted by Gasteiger charge is -2.39. The summed E-state index contributed by atoms with van der Waals surface area (Å²) >= 11 is 0. The molecule has 4 heteroatoms. The predicted molar refractivity (Wildman–Crippen MR) is 106 cm³/mol. The van der Waals surface area contributed by atoms with Gasteiger partial charge in [-0.25, -0.2) is 4.98 Å². The summed E-state index contributed by atoms with van der Waals surface area (Å²) < 4.78 is 0. The number of rotatable bonds is 2. The Kier molecular flexibility index (Phi) is 3.88. The molecule has 1 fully saturated rings. The second-order valence-corrected chi connectivity index (χ2v) is 7.12. The SMILES string of the molecule is N#Cc1ccc(N2CCN(C3c4ccccc4-c4ccccc43)CC2)nc1. The Morgan fingerprint density at radius 2 is 1.44 bits per heavy atom. The average molecular weight is 352 g/mol. The lowest BCUT2D eigenvalue weighted by molar-refractivity contribution is 0.215. The highest BCUT2D eigenvalue weighted by atomic mass is 15.3. The number of nitrogens with zero attached hydrogens (tertiary/aromatic N) is 4. The standard InChI is InChI=1S/C23H20N4/c24-15-17-9-10-22(25-16-17)26-11-13-27(14-12-26)23-20-7-3-1-5-18(20)19-6-2-4-8-21(19)23/h1-10,16,23H,11-14H2. The zero-order chi connectivity index (χ0) is 18.2. The first kappa shape index (κ1) is 16.0. The van der Waals surface area contributed by atoms with Gasteiger partial charge >= 0.3 is 0 Å². The quantitative estimate of drug-likeness (QED) is 0.703. The van der Waals surface area contributed by atoms with Gasteiger partial charge in [-0.05, 0) is 34.4 Å². The molecular weight excluding hydrogens is 332 g/mol. The van der Waals surface area contributed by atoms with E-state index in [1.165, 1.54) is 22.3 Å². The summed E-state index contributed by atoms with van der Waals surface area (Å²) in [5, 5.41) is 8.94. The summed E-state index contributed by atoms with van der Waals surface area (Å²) in [6.45, 7) is 3.88. The molecule has 2 aliphatic rings. The van der Waals surface area contributed by atoms with Crippen molar-refractivity contribution in [1.29, 1.82) is 5.26 Å². The molecule has 0 saturated carbocycles. The third kappa shape index (κ3) is 2.68. The van der Waals surface area contributed by atoms with Gasteiger partial charge in [-0.1, -0.05) is 48.5 Å². The van der Waals surface area contributed by atoms with Crippen molar-refractivity contribution in [2.75, 3.05) is 31.1 Å². The first-order chi connectivity index (χ1) is 13.3. The van der Waals surface area contributed by atoms with Crippen LogP contribution >= 0.6 is 0 Å². The van der Waals surface area contributed by atoms with E-state index in [1.54, 1.807) is 6.20 Å². The third-order valence-corrected chi connectivity index (χ3v) is 5.68. The van der Waals surface area contributed by atoms with Crippen LogP contribution in [0.1, 0.15) is 22.7 Å². The number of benzene rings is 2. The number of nitriles is 1. The molecule has 1 aliphatic carbocycles. The largest absolute Gasteiger partial charge is 0.354 e. The molecule has 0 amide bonds. The van der Waals surface area contributed by atoms with Crippen molar-refractivity contribution in [2.24, 2.45) is 0 Å². The van der Waals surface area contributed by atoms with Gasteiger partial charge in [0.05, 0.1) is 11.6 Å². The van der Waals surface area contributed by atoms with E-state index in [4.69, 9.17) is 5.26 Å². The zero-order valence-corrected chi connectivity index (χ0v) is 15.0. The van der Waals surface area contributed by atoms with E-state index < -0.39 is 0 Å². The molecule has 2 aromatic carbocycles. The van der Waals surface area contributed by atoms with Crippen molar-refractivity contribution < 1.29 is 0 Å². The first-order valence-electron chi connectivity index (χ1n) is 9.38. The molecule has 1 aliphatic heterocycles. The fourth-order valence-corrected chi connectivity index (χ4v) is 4.37. The van der Waals surface area contributed by atoms with Crippen LogP contribution in [0.3, 0.4) is 0 Å². The van der Waals surface area contributed by atoms with Gasteiger partial charge in [0.25, 0.3) is 0 Å². The van der Waals surface area contributed by atoms with Crippen LogP contribution in [0.15, 0.2) is 66.9 Å². The zero-order valence-electron chi connectivity index (χ0n) is 15.0. The van der Waals surface area contributed by atoms with E-state index in [1.807, 2.05) is 12.1 Å². The maximum atomic E-state index is 8.94. The van der Waals surface area contributed by atoms with E-state index >= 15 is 0 Å². The lowest BCUT2D eigenvalue weighted by atomic mass is 10.0. The van der Waals surface area contributed by atoms with Crippen molar-refractivity contribution in [3.8, 4) is 17.2 Å². The van der Waals surface area contributed by atoms with Crippen LogP contribution in [-0.2, 0) is 0 Å². The third-order valence-electron chi connectivity index (χ3n) is 5.68. The number of piperazine rings is 1. The molecule has 132 valence electrons. The highest BCUT2D eigenvalue weighted by molar-refractivity contribution is 5.78. The summed E-state index contributed by atoms with van der Waals surface area (Å²) in [5.74, 6) is 0.959. The van der Waals surface area contributed by atoms with Crippen molar-refractivity contribution >= 4 is 5.82 Å². The maximum absolute atomic E-state index is 8.94. The molecular formula is C23H20N4.